The van der Waals surface area contributed by atoms with Crippen LogP contribution in [0.2, 0.25) is 0 Å². The second-order valence-electron chi connectivity index (χ2n) is 9.61. The van der Waals surface area contributed by atoms with Gasteiger partial charge in [-0.2, -0.15) is 0 Å². The van der Waals surface area contributed by atoms with Gasteiger partial charge in [0.1, 0.15) is 5.76 Å². The van der Waals surface area contributed by atoms with Gasteiger partial charge in [-0.05, 0) is 65.9 Å². The van der Waals surface area contributed by atoms with Gasteiger partial charge in [-0.25, -0.2) is 9.78 Å². The number of furan rings is 1. The number of aromatic nitrogens is 1. The molecule has 3 heterocycles. The van der Waals surface area contributed by atoms with Crippen LogP contribution in [0.15, 0.2) is 65.3 Å². The molecule has 2 aromatic carbocycles. The van der Waals surface area contributed by atoms with Gasteiger partial charge >= 0.3 is 5.97 Å². The number of carbonyl (C=O) groups is 3. The van der Waals surface area contributed by atoms with Crippen LogP contribution in [0.4, 0.5) is 0 Å². The Bertz CT molecular complexity index is 1610. The average Bonchev–Trinajstić information content (AvgIpc) is 3.75. The smallest absolute Gasteiger partial charge is 0.339 e. The molecule has 0 unspecified atom stereocenters. The maximum Gasteiger partial charge on any atom is 0.339 e. The highest BCUT2D eigenvalue weighted by Gasteiger charge is 2.28. The average molecular weight is 556 g/mol. The van der Waals surface area contributed by atoms with Crippen LogP contribution < -0.4 is 14.8 Å². The van der Waals surface area contributed by atoms with E-state index >= 15 is 0 Å². The molecular weight excluding hydrogens is 526 g/mol. The SMILES string of the molecule is CN(C)C=O.O=C(COC(=O)c1c2c(nc3ccccc13)C(=Cc1ccc3c(c1)OCO3)CC2)NCc1ccco1. The molecule has 10 heteroatoms. The summed E-state index contributed by atoms with van der Waals surface area (Å²) in [7, 11) is 3.38. The number of para-hydroxylation sites is 1. The minimum Gasteiger partial charge on any atom is -0.467 e. The first-order chi connectivity index (χ1) is 19.9. The number of fused-ring (bicyclic) bond motifs is 3. The lowest BCUT2D eigenvalue weighted by Crippen LogP contribution is -2.28. The monoisotopic (exact) mass is 555 g/mol. The van der Waals surface area contributed by atoms with E-state index in [0.717, 1.165) is 41.0 Å². The molecule has 4 aromatic rings. The number of allylic oxidation sites excluding steroid dienone is 1. The number of benzene rings is 2. The third-order valence-electron chi connectivity index (χ3n) is 6.47. The lowest BCUT2D eigenvalue weighted by Gasteiger charge is -2.12. The van der Waals surface area contributed by atoms with Crippen molar-refractivity contribution in [2.24, 2.45) is 0 Å². The molecule has 2 amide bonds. The first-order valence-corrected chi connectivity index (χ1v) is 13.0. The lowest BCUT2D eigenvalue weighted by atomic mass is 10.0. The summed E-state index contributed by atoms with van der Waals surface area (Å²) in [5, 5.41) is 3.39. The quantitative estimate of drug-likeness (QED) is 0.266. The molecule has 10 nitrogen and oxygen atoms in total. The number of pyridine rings is 1. The summed E-state index contributed by atoms with van der Waals surface area (Å²) in [6.45, 7) is 0.0634. The zero-order chi connectivity index (χ0) is 28.8. The molecule has 0 saturated carbocycles. The Hall–Kier alpha value is -5.12. The van der Waals surface area contributed by atoms with Crippen LogP contribution >= 0.6 is 0 Å². The third kappa shape index (κ3) is 6.38. The molecule has 2 aromatic heterocycles. The van der Waals surface area contributed by atoms with E-state index in [0.29, 0.717) is 34.4 Å². The summed E-state index contributed by atoms with van der Waals surface area (Å²) in [5.41, 5.74) is 4.77. The van der Waals surface area contributed by atoms with E-state index in [9.17, 15) is 14.4 Å². The fourth-order valence-corrected chi connectivity index (χ4v) is 4.57. The molecular formula is C31H29N3O7. The van der Waals surface area contributed by atoms with E-state index in [1.807, 2.05) is 42.5 Å². The van der Waals surface area contributed by atoms with Crippen molar-refractivity contribution in [3.63, 3.8) is 0 Å². The molecule has 0 spiro atoms. The summed E-state index contributed by atoms with van der Waals surface area (Å²) in [5.74, 6) is 1.12. The summed E-state index contributed by atoms with van der Waals surface area (Å²) >= 11 is 0. The molecule has 41 heavy (non-hydrogen) atoms. The predicted octanol–water partition coefficient (Wildman–Crippen LogP) is 4.22. The van der Waals surface area contributed by atoms with Crippen molar-refractivity contribution in [1.82, 2.24) is 15.2 Å². The van der Waals surface area contributed by atoms with Gasteiger partial charge in [-0.1, -0.05) is 24.3 Å². The number of nitrogens with zero attached hydrogens (tertiary/aromatic N) is 2. The maximum absolute atomic E-state index is 13.3. The van der Waals surface area contributed by atoms with Crippen LogP contribution in [0.5, 0.6) is 11.5 Å². The first-order valence-electron chi connectivity index (χ1n) is 13.0. The number of rotatable bonds is 7. The van der Waals surface area contributed by atoms with Gasteiger partial charge in [0.2, 0.25) is 13.2 Å². The number of hydrogen-bond donors (Lipinski definition) is 1. The number of ether oxygens (including phenoxy) is 3. The molecule has 1 N–H and O–H groups in total. The molecule has 0 bridgehead atoms. The van der Waals surface area contributed by atoms with Gasteiger partial charge in [0.25, 0.3) is 5.91 Å². The number of hydrogen-bond acceptors (Lipinski definition) is 8. The van der Waals surface area contributed by atoms with Crippen molar-refractivity contribution in [2.75, 3.05) is 27.5 Å². The lowest BCUT2D eigenvalue weighted by molar-refractivity contribution is -0.124. The third-order valence-corrected chi connectivity index (χ3v) is 6.47. The Morgan fingerprint density at radius 1 is 1.05 bits per heavy atom. The molecule has 2 aliphatic rings. The van der Waals surface area contributed by atoms with Gasteiger partial charge in [0.15, 0.2) is 18.1 Å². The van der Waals surface area contributed by atoms with E-state index in [4.69, 9.17) is 23.6 Å². The zero-order valence-electron chi connectivity index (χ0n) is 22.7. The van der Waals surface area contributed by atoms with Crippen molar-refractivity contribution in [3.05, 3.63) is 89.0 Å². The van der Waals surface area contributed by atoms with Crippen LogP contribution in [0, 0.1) is 0 Å². The van der Waals surface area contributed by atoms with Crippen molar-refractivity contribution >= 4 is 40.8 Å². The standard InChI is InChI=1S/C28H22N2O6.C3H7NO/c31-25(29-14-19-4-3-11-33-19)15-34-28(32)26-20-5-1-2-6-22(20)30-27-18(8-9-21(26)27)12-17-7-10-23-24(13-17)36-16-35-23;1-4(2)3-5/h1-7,10-13H,8-9,14-16H2,(H,29,31);3H,1-2H3. The van der Waals surface area contributed by atoms with Crippen molar-refractivity contribution in [2.45, 2.75) is 19.4 Å². The van der Waals surface area contributed by atoms with Crippen molar-refractivity contribution in [3.8, 4) is 11.5 Å². The first kappa shape index (κ1) is 27.4. The summed E-state index contributed by atoms with van der Waals surface area (Å²) in [6, 6.07) is 16.8. The molecule has 0 saturated heterocycles. The number of esters is 1. The summed E-state index contributed by atoms with van der Waals surface area (Å²) < 4.78 is 21.5. The largest absolute Gasteiger partial charge is 0.467 e. The fraction of sp³-hybridized carbons (Fsp3) is 0.226. The predicted molar refractivity (Wildman–Crippen MR) is 151 cm³/mol. The van der Waals surface area contributed by atoms with Gasteiger partial charge in [0, 0.05) is 19.5 Å². The van der Waals surface area contributed by atoms with Gasteiger partial charge in [-0.3, -0.25) is 9.59 Å². The Kier molecular flexibility index (Phi) is 8.28. The highest BCUT2D eigenvalue weighted by molar-refractivity contribution is 6.07. The Balaban J connectivity index is 0.000000623. The van der Waals surface area contributed by atoms with Gasteiger partial charge in [-0.15, -0.1) is 0 Å². The number of nitrogens with one attached hydrogen (secondary N) is 1. The summed E-state index contributed by atoms with van der Waals surface area (Å²) in [4.78, 5) is 41.2. The number of amides is 2. The molecule has 210 valence electrons. The molecule has 0 radical (unpaired) electrons. The van der Waals surface area contributed by atoms with E-state index < -0.39 is 11.9 Å². The van der Waals surface area contributed by atoms with E-state index in [1.165, 1.54) is 11.2 Å². The van der Waals surface area contributed by atoms with Crippen molar-refractivity contribution in [1.29, 1.82) is 0 Å². The molecule has 1 aliphatic heterocycles. The topological polar surface area (TPSA) is 120 Å². The second kappa shape index (κ2) is 12.4. The highest BCUT2D eigenvalue weighted by Crippen LogP contribution is 2.39. The number of carbonyl (C=O) groups excluding carboxylic acids is 3. The van der Waals surface area contributed by atoms with Gasteiger partial charge in [0.05, 0.1) is 29.6 Å². The minimum absolute atomic E-state index is 0.220. The molecule has 6 rings (SSSR count). The molecule has 1 aliphatic carbocycles. The van der Waals surface area contributed by atoms with Crippen LogP contribution in [-0.2, 0) is 27.3 Å². The van der Waals surface area contributed by atoms with E-state index in [-0.39, 0.29) is 19.9 Å². The van der Waals surface area contributed by atoms with E-state index in [1.54, 1.807) is 26.2 Å². The molecule has 0 atom stereocenters. The minimum atomic E-state index is -0.540. The second-order valence-corrected chi connectivity index (χ2v) is 9.61. The van der Waals surface area contributed by atoms with Crippen molar-refractivity contribution < 1.29 is 33.0 Å². The highest BCUT2D eigenvalue weighted by atomic mass is 16.7. The van der Waals surface area contributed by atoms with Crippen LogP contribution in [0.3, 0.4) is 0 Å². The Morgan fingerprint density at radius 2 is 1.85 bits per heavy atom. The Labute approximate surface area is 236 Å². The van der Waals surface area contributed by atoms with Crippen LogP contribution in [-0.4, -0.2) is 55.7 Å². The van der Waals surface area contributed by atoms with Crippen LogP contribution in [0.1, 0.15) is 39.4 Å². The maximum atomic E-state index is 13.3. The summed E-state index contributed by atoms with van der Waals surface area (Å²) in [6.07, 6.45) is 5.73. The normalized spacial score (nSPS) is 13.8. The van der Waals surface area contributed by atoms with Gasteiger partial charge < -0.3 is 28.8 Å². The zero-order valence-corrected chi connectivity index (χ0v) is 22.7. The fourth-order valence-electron chi connectivity index (χ4n) is 4.57. The molecule has 0 fully saturated rings. The van der Waals surface area contributed by atoms with Crippen LogP contribution in [0.25, 0.3) is 22.6 Å². The Morgan fingerprint density at radius 3 is 2.63 bits per heavy atom. The van der Waals surface area contributed by atoms with E-state index in [2.05, 4.69) is 11.4 Å².